The van der Waals surface area contributed by atoms with Gasteiger partial charge >= 0.3 is 13.2 Å². The third kappa shape index (κ3) is 22.2. The molecule has 0 aliphatic carbocycles. The zero-order valence-electron chi connectivity index (χ0n) is 40.3. The van der Waals surface area contributed by atoms with E-state index in [1.807, 2.05) is 25.7 Å². The lowest BCUT2D eigenvalue weighted by molar-refractivity contribution is -0.0770. The molecule has 0 aromatic carbocycles. The van der Waals surface area contributed by atoms with Crippen molar-refractivity contribution in [1.82, 2.24) is 4.90 Å². The minimum Gasteiger partial charge on any atom is -0.444 e. The fraction of sp³-hybridized carbons (Fsp3) is 0.942. The fourth-order valence-electron chi connectivity index (χ4n) is 9.77. The first-order valence-corrected chi connectivity index (χ1v) is 26.2. The van der Waals surface area contributed by atoms with Crippen LogP contribution in [-0.2, 0) is 14.0 Å². The lowest BCUT2D eigenvalue weighted by Gasteiger charge is -2.46. The molecule has 2 rings (SSSR count). The second-order valence-electron chi connectivity index (χ2n) is 19.9. The Balaban J connectivity index is 2.36. The van der Waals surface area contributed by atoms with Crippen molar-refractivity contribution in [2.24, 2.45) is 0 Å². The summed E-state index contributed by atoms with van der Waals surface area (Å²) >= 11 is 0. The van der Waals surface area contributed by atoms with Gasteiger partial charge in [-0.3, -0.25) is 0 Å². The molecule has 1 saturated heterocycles. The van der Waals surface area contributed by atoms with Crippen molar-refractivity contribution in [3.63, 3.8) is 0 Å². The molecule has 0 N–H and O–H groups in total. The molecule has 0 spiro atoms. The second kappa shape index (κ2) is 32.7. The number of hydrogen-bond donors (Lipinski definition) is 0. The Morgan fingerprint density at radius 3 is 1.09 bits per heavy atom. The zero-order chi connectivity index (χ0) is 42.2. The number of amides is 1. The molecule has 6 heteroatoms. The first kappa shape index (κ1) is 53.1. The van der Waals surface area contributed by atoms with Crippen molar-refractivity contribution in [3.8, 4) is 0 Å². The van der Waals surface area contributed by atoms with Crippen LogP contribution < -0.4 is 0 Å². The molecular formula is C52H100BNO4. The average molecular weight is 814 g/mol. The first-order chi connectivity index (χ1) is 28.2. The maximum absolute atomic E-state index is 13.0. The molecule has 0 unspecified atom stereocenters. The molecule has 0 atom stereocenters. The standard InChI is InChI=1S/C52H100BNO4/c1-8-12-16-20-24-28-32-36-42-51(43-37-33-29-25-21-17-13-9-2)52(44-38-34-30-26-22-18-14-10-3,45-39-35-31-27-23-19-15-11-4)58-53(57-51)48-40-46-54(47-41-48)49(55)56-50(5,6)7/h40H,8-39,41-47H2,1-7H3. The van der Waals surface area contributed by atoms with Gasteiger partial charge in [-0.2, -0.15) is 0 Å². The maximum Gasteiger partial charge on any atom is 0.490 e. The molecule has 2 aliphatic heterocycles. The van der Waals surface area contributed by atoms with Gasteiger partial charge in [0.05, 0.1) is 11.2 Å². The Hall–Kier alpha value is -1.01. The molecule has 1 fully saturated rings. The van der Waals surface area contributed by atoms with Gasteiger partial charge < -0.3 is 18.9 Å². The topological polar surface area (TPSA) is 48.0 Å². The van der Waals surface area contributed by atoms with E-state index in [2.05, 4.69) is 33.8 Å². The predicted octanol–water partition coefficient (Wildman–Crippen LogP) is 17.2. The van der Waals surface area contributed by atoms with Crippen LogP contribution >= 0.6 is 0 Å². The summed E-state index contributed by atoms with van der Waals surface area (Å²) in [6.45, 7) is 16.4. The van der Waals surface area contributed by atoms with Gasteiger partial charge in [-0.25, -0.2) is 4.79 Å². The highest BCUT2D eigenvalue weighted by Gasteiger charge is 2.60. The second-order valence-corrected chi connectivity index (χ2v) is 19.9. The lowest BCUT2D eigenvalue weighted by atomic mass is 9.70. The SMILES string of the molecule is CCCCCCCCCCC1(CCCCCCCCCC)OB(C2=CCN(C(=O)OC(C)(C)C)CC2)OC1(CCCCCCCCCC)CCCCCCCCCC. The monoisotopic (exact) mass is 814 g/mol. The molecule has 0 bridgehead atoms. The lowest BCUT2D eigenvalue weighted by Crippen LogP contribution is -2.52. The summed E-state index contributed by atoms with van der Waals surface area (Å²) in [6.07, 6.45) is 50.2. The van der Waals surface area contributed by atoms with Crippen molar-refractivity contribution in [2.75, 3.05) is 13.1 Å². The van der Waals surface area contributed by atoms with Crippen molar-refractivity contribution >= 4 is 13.2 Å². The quantitative estimate of drug-likeness (QED) is 0.0463. The number of carbonyl (C=O) groups is 1. The molecule has 2 heterocycles. The van der Waals surface area contributed by atoms with Gasteiger partial charge in [0, 0.05) is 13.1 Å². The van der Waals surface area contributed by atoms with E-state index < -0.39 is 5.60 Å². The van der Waals surface area contributed by atoms with Crippen molar-refractivity contribution in [1.29, 1.82) is 0 Å². The molecule has 0 radical (unpaired) electrons. The molecule has 2 aliphatic rings. The highest BCUT2D eigenvalue weighted by Crippen LogP contribution is 2.52. The van der Waals surface area contributed by atoms with Crippen molar-refractivity contribution in [2.45, 2.75) is 303 Å². The molecule has 0 saturated carbocycles. The van der Waals surface area contributed by atoms with Crippen LogP contribution in [0.3, 0.4) is 0 Å². The number of unbranched alkanes of at least 4 members (excludes halogenated alkanes) is 28. The van der Waals surface area contributed by atoms with E-state index in [0.717, 1.165) is 32.1 Å². The van der Waals surface area contributed by atoms with Gasteiger partial charge in [0.25, 0.3) is 0 Å². The van der Waals surface area contributed by atoms with E-state index >= 15 is 0 Å². The minimum atomic E-state index is -0.492. The average Bonchev–Trinajstić information content (AvgIpc) is 3.51. The van der Waals surface area contributed by atoms with Crippen LogP contribution in [0.4, 0.5) is 4.79 Å². The predicted molar refractivity (Wildman–Crippen MR) is 253 cm³/mol. The Morgan fingerprint density at radius 2 is 0.828 bits per heavy atom. The van der Waals surface area contributed by atoms with Crippen LogP contribution in [0.5, 0.6) is 0 Å². The third-order valence-corrected chi connectivity index (χ3v) is 13.4. The van der Waals surface area contributed by atoms with Crippen LogP contribution in [0, 0.1) is 0 Å². The number of hydrogen-bond acceptors (Lipinski definition) is 4. The normalized spacial score (nSPS) is 16.6. The number of rotatable bonds is 37. The largest absolute Gasteiger partial charge is 0.490 e. The molecule has 1 amide bonds. The van der Waals surface area contributed by atoms with E-state index in [9.17, 15) is 4.79 Å². The van der Waals surface area contributed by atoms with Gasteiger partial charge in [-0.1, -0.05) is 239 Å². The molecular weight excluding hydrogens is 713 g/mol. The van der Waals surface area contributed by atoms with Crippen LogP contribution in [0.1, 0.15) is 286 Å². The van der Waals surface area contributed by atoms with Crippen LogP contribution in [0.15, 0.2) is 11.5 Å². The summed E-state index contributed by atoms with van der Waals surface area (Å²) in [5, 5.41) is 0. The van der Waals surface area contributed by atoms with Gasteiger partial charge in [0.15, 0.2) is 0 Å². The van der Waals surface area contributed by atoms with Crippen LogP contribution in [0.2, 0.25) is 0 Å². The van der Waals surface area contributed by atoms with E-state index in [0.29, 0.717) is 13.1 Å². The maximum atomic E-state index is 13.0. The molecule has 340 valence electrons. The first-order valence-electron chi connectivity index (χ1n) is 26.2. The van der Waals surface area contributed by atoms with Crippen molar-refractivity contribution in [3.05, 3.63) is 11.5 Å². The van der Waals surface area contributed by atoms with Crippen LogP contribution in [-0.4, -0.2) is 48.0 Å². The summed E-state index contributed by atoms with van der Waals surface area (Å²) < 4.78 is 21.0. The molecule has 58 heavy (non-hydrogen) atoms. The molecule has 0 aromatic heterocycles. The van der Waals surface area contributed by atoms with E-state index in [-0.39, 0.29) is 24.4 Å². The summed E-state index contributed by atoms with van der Waals surface area (Å²) in [7, 11) is -0.299. The highest BCUT2D eigenvalue weighted by molar-refractivity contribution is 6.54. The minimum absolute atomic E-state index is 0.214. The third-order valence-electron chi connectivity index (χ3n) is 13.4. The smallest absolute Gasteiger partial charge is 0.444 e. The number of ether oxygens (including phenoxy) is 1. The van der Waals surface area contributed by atoms with Gasteiger partial charge in [-0.05, 0) is 58.3 Å². The fourth-order valence-corrected chi connectivity index (χ4v) is 9.77. The summed E-state index contributed by atoms with van der Waals surface area (Å²) in [6, 6.07) is 0. The van der Waals surface area contributed by atoms with E-state index in [1.165, 1.54) is 211 Å². The number of nitrogens with zero attached hydrogens (tertiary/aromatic N) is 1. The summed E-state index contributed by atoms with van der Waals surface area (Å²) in [5.41, 5.74) is 0.277. The number of carbonyl (C=O) groups excluding carboxylic acids is 1. The van der Waals surface area contributed by atoms with E-state index in [1.54, 1.807) is 0 Å². The van der Waals surface area contributed by atoms with E-state index in [4.69, 9.17) is 14.0 Å². The Morgan fingerprint density at radius 1 is 0.534 bits per heavy atom. The van der Waals surface area contributed by atoms with Gasteiger partial charge in [-0.15, -0.1) is 0 Å². The van der Waals surface area contributed by atoms with Gasteiger partial charge in [0.2, 0.25) is 0 Å². The Labute approximate surface area is 363 Å². The van der Waals surface area contributed by atoms with Crippen molar-refractivity contribution < 1.29 is 18.8 Å². The van der Waals surface area contributed by atoms with Gasteiger partial charge in [0.1, 0.15) is 5.60 Å². The molecule has 5 nitrogen and oxygen atoms in total. The summed E-state index contributed by atoms with van der Waals surface area (Å²) in [5.74, 6) is 0. The Bertz CT molecular complexity index is 931. The van der Waals surface area contributed by atoms with Crippen LogP contribution in [0.25, 0.3) is 0 Å². The Kier molecular flexibility index (Phi) is 29.9. The summed E-state index contributed by atoms with van der Waals surface area (Å²) in [4.78, 5) is 14.9. The highest BCUT2D eigenvalue weighted by atomic mass is 16.7. The molecule has 0 aromatic rings. The zero-order valence-corrected chi connectivity index (χ0v) is 40.3.